The maximum atomic E-state index is 13.0. The summed E-state index contributed by atoms with van der Waals surface area (Å²) >= 11 is 0. The van der Waals surface area contributed by atoms with E-state index >= 15 is 0 Å². The molecule has 0 unspecified atom stereocenters. The molecule has 2 aliphatic heterocycles. The summed E-state index contributed by atoms with van der Waals surface area (Å²) in [7, 11) is 0. The molecule has 0 saturated carbocycles. The van der Waals surface area contributed by atoms with Crippen LogP contribution in [-0.4, -0.2) is 68.2 Å². The standard InChI is InChI=1S/C25H25N7O3/c1-16(33)31-14-20(15-31)32-22-21(11-19(13-27-22)24(35)30-8-3-2-4-9-30)28-25(32)29-23(34)18-7-5-6-17(10-18)12-26/h5-7,10-11,13,20H,2-4,8-9,14-15H2,1H3,(H,28,29,34). The average molecular weight is 472 g/mol. The number of nitrogens with one attached hydrogen (secondary N) is 1. The van der Waals surface area contributed by atoms with Gasteiger partial charge < -0.3 is 9.80 Å². The minimum atomic E-state index is -0.411. The van der Waals surface area contributed by atoms with Gasteiger partial charge in [-0.3, -0.25) is 24.3 Å². The first-order valence-corrected chi connectivity index (χ1v) is 11.7. The fourth-order valence-corrected chi connectivity index (χ4v) is 4.59. The minimum Gasteiger partial charge on any atom is -0.339 e. The fourth-order valence-electron chi connectivity index (χ4n) is 4.59. The Labute approximate surface area is 202 Å². The molecular weight excluding hydrogens is 446 g/mol. The summed E-state index contributed by atoms with van der Waals surface area (Å²) in [5.74, 6) is -0.215. The summed E-state index contributed by atoms with van der Waals surface area (Å²) in [6, 6.07) is 10.0. The number of likely N-dealkylation sites (tertiary alicyclic amines) is 2. The number of anilines is 1. The van der Waals surface area contributed by atoms with Gasteiger partial charge in [0.25, 0.3) is 11.8 Å². The molecule has 2 aromatic heterocycles. The number of benzene rings is 1. The van der Waals surface area contributed by atoms with Crippen molar-refractivity contribution in [1.82, 2.24) is 24.3 Å². The number of imidazole rings is 1. The third kappa shape index (κ3) is 4.33. The lowest BCUT2D eigenvalue weighted by atomic mass is 10.1. The highest BCUT2D eigenvalue weighted by Gasteiger charge is 2.34. The van der Waals surface area contributed by atoms with Crippen LogP contribution < -0.4 is 5.32 Å². The number of carbonyl (C=O) groups excluding carboxylic acids is 3. The summed E-state index contributed by atoms with van der Waals surface area (Å²) < 4.78 is 1.82. The molecule has 3 amide bonds. The zero-order valence-corrected chi connectivity index (χ0v) is 19.4. The Bertz CT molecular complexity index is 1360. The van der Waals surface area contributed by atoms with Gasteiger partial charge in [-0.05, 0) is 43.5 Å². The zero-order chi connectivity index (χ0) is 24.5. The van der Waals surface area contributed by atoms with Gasteiger partial charge in [0, 0.05) is 44.9 Å². The maximum absolute atomic E-state index is 13.0. The molecule has 10 nitrogen and oxygen atoms in total. The maximum Gasteiger partial charge on any atom is 0.258 e. The first-order chi connectivity index (χ1) is 16.9. The molecule has 0 atom stereocenters. The number of nitrogens with zero attached hydrogens (tertiary/aromatic N) is 6. The lowest BCUT2D eigenvalue weighted by Gasteiger charge is -2.39. The van der Waals surface area contributed by atoms with Crippen molar-refractivity contribution in [2.24, 2.45) is 0 Å². The van der Waals surface area contributed by atoms with Gasteiger partial charge in [-0.1, -0.05) is 6.07 Å². The summed E-state index contributed by atoms with van der Waals surface area (Å²) in [4.78, 5) is 50.4. The van der Waals surface area contributed by atoms with Crippen molar-refractivity contribution < 1.29 is 14.4 Å². The zero-order valence-electron chi connectivity index (χ0n) is 19.4. The quantitative estimate of drug-likeness (QED) is 0.624. The Kier molecular flexibility index (Phi) is 5.91. The molecule has 2 aliphatic rings. The average Bonchev–Trinajstić information content (AvgIpc) is 3.19. The molecule has 35 heavy (non-hydrogen) atoms. The minimum absolute atomic E-state index is 0.0213. The smallest absolute Gasteiger partial charge is 0.258 e. The molecule has 1 N–H and O–H groups in total. The van der Waals surface area contributed by atoms with Crippen molar-refractivity contribution in [3.05, 3.63) is 53.2 Å². The number of nitriles is 1. The summed E-state index contributed by atoms with van der Waals surface area (Å²) in [5, 5.41) is 12.0. The third-order valence-electron chi connectivity index (χ3n) is 6.57. The number of amides is 3. The van der Waals surface area contributed by atoms with Crippen LogP contribution >= 0.6 is 0 Å². The first kappa shape index (κ1) is 22.5. The highest BCUT2D eigenvalue weighted by Crippen LogP contribution is 2.30. The van der Waals surface area contributed by atoms with Crippen LogP contribution in [-0.2, 0) is 4.79 Å². The molecule has 0 spiro atoms. The lowest BCUT2D eigenvalue weighted by molar-refractivity contribution is -0.134. The predicted molar refractivity (Wildman–Crippen MR) is 128 cm³/mol. The Hall–Kier alpha value is -4.26. The third-order valence-corrected chi connectivity index (χ3v) is 6.57. The van der Waals surface area contributed by atoms with Gasteiger partial charge in [-0.15, -0.1) is 0 Å². The second-order valence-corrected chi connectivity index (χ2v) is 8.95. The van der Waals surface area contributed by atoms with E-state index in [9.17, 15) is 14.4 Å². The van der Waals surface area contributed by atoms with E-state index in [1.165, 1.54) is 13.0 Å². The van der Waals surface area contributed by atoms with Crippen LogP contribution in [0.25, 0.3) is 11.2 Å². The van der Waals surface area contributed by atoms with E-state index in [0.29, 0.717) is 40.9 Å². The lowest BCUT2D eigenvalue weighted by Crippen LogP contribution is -2.50. The van der Waals surface area contributed by atoms with Crippen LogP contribution in [0.15, 0.2) is 36.5 Å². The van der Waals surface area contributed by atoms with Crippen LogP contribution in [0.1, 0.15) is 58.5 Å². The molecule has 10 heteroatoms. The van der Waals surface area contributed by atoms with Crippen molar-refractivity contribution in [2.75, 3.05) is 31.5 Å². The van der Waals surface area contributed by atoms with Gasteiger partial charge in [0.05, 0.1) is 23.2 Å². The molecule has 3 aromatic rings. The van der Waals surface area contributed by atoms with Gasteiger partial charge in [0.1, 0.15) is 5.52 Å². The van der Waals surface area contributed by atoms with E-state index in [4.69, 9.17) is 5.26 Å². The van der Waals surface area contributed by atoms with E-state index in [-0.39, 0.29) is 23.8 Å². The number of aromatic nitrogens is 3. The van der Waals surface area contributed by atoms with E-state index < -0.39 is 5.91 Å². The Balaban J connectivity index is 1.49. The largest absolute Gasteiger partial charge is 0.339 e. The molecule has 2 fully saturated rings. The SMILES string of the molecule is CC(=O)N1CC(n2c(NC(=O)c3cccc(C#N)c3)nc3cc(C(=O)N4CCCCC4)cnc32)C1. The molecule has 0 bridgehead atoms. The first-order valence-electron chi connectivity index (χ1n) is 11.7. The van der Waals surface area contributed by atoms with E-state index in [1.807, 2.05) is 15.5 Å². The van der Waals surface area contributed by atoms with Gasteiger partial charge in [0.2, 0.25) is 11.9 Å². The van der Waals surface area contributed by atoms with Crippen LogP contribution in [0.2, 0.25) is 0 Å². The monoisotopic (exact) mass is 471 g/mol. The molecule has 2 saturated heterocycles. The van der Waals surface area contributed by atoms with Crippen LogP contribution in [0.5, 0.6) is 0 Å². The Morgan fingerprint density at radius 1 is 1.06 bits per heavy atom. The predicted octanol–water partition coefficient (Wildman–Crippen LogP) is 2.58. The molecule has 0 radical (unpaired) electrons. The van der Waals surface area contributed by atoms with Crippen molar-refractivity contribution in [2.45, 2.75) is 32.2 Å². The molecule has 0 aliphatic carbocycles. The second kappa shape index (κ2) is 9.18. The molecule has 4 heterocycles. The molecular formula is C25H25N7O3. The highest BCUT2D eigenvalue weighted by molar-refractivity contribution is 6.04. The number of hydrogen-bond donors (Lipinski definition) is 1. The number of hydrogen-bond acceptors (Lipinski definition) is 6. The van der Waals surface area contributed by atoms with E-state index in [0.717, 1.165) is 32.4 Å². The normalized spacial score (nSPS) is 16.0. The van der Waals surface area contributed by atoms with Gasteiger partial charge >= 0.3 is 0 Å². The number of carbonyl (C=O) groups is 3. The fraction of sp³-hybridized carbons (Fsp3) is 0.360. The van der Waals surface area contributed by atoms with Crippen molar-refractivity contribution in [3.8, 4) is 6.07 Å². The van der Waals surface area contributed by atoms with Crippen LogP contribution in [0, 0.1) is 11.3 Å². The van der Waals surface area contributed by atoms with Gasteiger partial charge in [-0.25, -0.2) is 9.97 Å². The van der Waals surface area contributed by atoms with Crippen LogP contribution in [0.4, 0.5) is 5.95 Å². The highest BCUT2D eigenvalue weighted by atomic mass is 16.2. The molecule has 5 rings (SSSR count). The molecule has 1 aromatic carbocycles. The number of fused-ring (bicyclic) bond motifs is 1. The number of rotatable bonds is 4. The van der Waals surface area contributed by atoms with Gasteiger partial charge in [-0.2, -0.15) is 5.26 Å². The van der Waals surface area contributed by atoms with Crippen LogP contribution in [0.3, 0.4) is 0 Å². The van der Waals surface area contributed by atoms with Crippen molar-refractivity contribution >= 4 is 34.8 Å². The Morgan fingerprint density at radius 3 is 2.54 bits per heavy atom. The Morgan fingerprint density at radius 2 is 1.83 bits per heavy atom. The van der Waals surface area contributed by atoms with E-state index in [2.05, 4.69) is 15.3 Å². The summed E-state index contributed by atoms with van der Waals surface area (Å²) in [6.45, 7) is 3.94. The summed E-state index contributed by atoms with van der Waals surface area (Å²) in [6.07, 6.45) is 4.67. The molecule has 178 valence electrons. The number of piperidine rings is 1. The second-order valence-electron chi connectivity index (χ2n) is 8.95. The van der Waals surface area contributed by atoms with Gasteiger partial charge in [0.15, 0.2) is 5.65 Å². The van der Waals surface area contributed by atoms with Crippen molar-refractivity contribution in [3.63, 3.8) is 0 Å². The topological polar surface area (TPSA) is 124 Å². The number of pyridine rings is 1. The van der Waals surface area contributed by atoms with Crippen molar-refractivity contribution in [1.29, 1.82) is 5.26 Å². The van der Waals surface area contributed by atoms with E-state index in [1.54, 1.807) is 35.4 Å². The summed E-state index contributed by atoms with van der Waals surface area (Å²) in [5.41, 5.74) is 2.20.